The van der Waals surface area contributed by atoms with Gasteiger partial charge in [-0.15, -0.1) is 0 Å². The maximum atomic E-state index is 14.8. The van der Waals surface area contributed by atoms with Gasteiger partial charge in [-0.2, -0.15) is 0 Å². The first-order valence-corrected chi connectivity index (χ1v) is 22.0. The zero-order valence-electron chi connectivity index (χ0n) is 36.4. The number of hydrogen-bond acceptors (Lipinski definition) is 8. The van der Waals surface area contributed by atoms with Crippen LogP contribution in [0.4, 0.5) is 9.18 Å². The Morgan fingerprint density at radius 3 is 2.32 bits per heavy atom. The molecule has 2 N–H and O–H groups in total. The number of nitrogens with zero attached hydrogens (tertiary/aromatic N) is 5. The molecule has 6 rings (SSSR count). The van der Waals surface area contributed by atoms with Gasteiger partial charge in [-0.1, -0.05) is 64.6 Å². The summed E-state index contributed by atoms with van der Waals surface area (Å²) in [6, 6.07) is 6.38. The highest BCUT2D eigenvalue weighted by molar-refractivity contribution is 5.80. The van der Waals surface area contributed by atoms with Crippen molar-refractivity contribution in [2.24, 2.45) is 11.8 Å². The third-order valence-electron chi connectivity index (χ3n) is 11.0. The van der Waals surface area contributed by atoms with Crippen LogP contribution in [0.15, 0.2) is 101 Å². The summed E-state index contributed by atoms with van der Waals surface area (Å²) in [7, 11) is 0. The van der Waals surface area contributed by atoms with Crippen LogP contribution in [0.5, 0.6) is 0 Å². The molecule has 1 aromatic heterocycles. The molecule has 0 bridgehead atoms. The van der Waals surface area contributed by atoms with Gasteiger partial charge in [-0.05, 0) is 114 Å². The highest BCUT2D eigenvalue weighted by Crippen LogP contribution is 2.34. The topological polar surface area (TPSA) is 104 Å². The number of carbonyl (C=O) groups excluding carboxylic acids is 1. The molecular formula is C47H68FN7O4. The molecule has 12 heteroatoms. The van der Waals surface area contributed by atoms with Crippen LogP contribution >= 0.6 is 0 Å². The van der Waals surface area contributed by atoms with Gasteiger partial charge in [0, 0.05) is 30.5 Å². The number of alkyl halides is 1. The van der Waals surface area contributed by atoms with Gasteiger partial charge in [-0.25, -0.2) is 18.8 Å². The lowest BCUT2D eigenvalue weighted by Crippen LogP contribution is -2.56. The number of benzene rings is 1. The zero-order chi connectivity index (χ0) is 42.3. The Balaban J connectivity index is 0.00000326. The smallest absolute Gasteiger partial charge is 0.327 e. The van der Waals surface area contributed by atoms with E-state index in [0.717, 1.165) is 51.7 Å². The molecule has 0 radical (unpaired) electrons. The fourth-order valence-corrected chi connectivity index (χ4v) is 7.48. The average molecular weight is 814 g/mol. The predicted molar refractivity (Wildman–Crippen MR) is 237 cm³/mol. The second-order valence-corrected chi connectivity index (χ2v) is 15.6. The molecule has 1 aromatic carbocycles. The number of allylic oxidation sites excluding steroid dienone is 7. The van der Waals surface area contributed by atoms with Crippen LogP contribution in [0.1, 0.15) is 105 Å². The van der Waals surface area contributed by atoms with Gasteiger partial charge >= 0.3 is 6.03 Å². The number of amides is 2. The standard InChI is InChI=1S/C45H62FN7O4.C2H6/c1-6-12-37(14-10-24-46)48-45(55)52(41(34(5)57-31-36-21-22-36)23-18-32(3)56-30-35-19-20-35)33(4)43-49-39-16-9-8-15-38(39)44(54)53(43)51-28-26-50(27-29-51)42(13-7-2)40-17-11-25-47-40;1-2/h8-10,12-16,18,23,33,35-36,40,47H,5-7,11,17,19-22,24-31H2,1-4H3,(H,48,55);1-2H3/b14-10-,32-18+,37-12+,41-23+,42-13-;. The van der Waals surface area contributed by atoms with Crippen LogP contribution in [0, 0.1) is 11.8 Å². The number of rotatable bonds is 19. The third kappa shape index (κ3) is 12.3. The Kier molecular flexibility index (Phi) is 17.3. The Morgan fingerprint density at radius 2 is 1.69 bits per heavy atom. The lowest BCUT2D eigenvalue weighted by molar-refractivity contribution is 0.168. The van der Waals surface area contributed by atoms with Gasteiger partial charge in [-0.3, -0.25) is 9.69 Å². The summed E-state index contributed by atoms with van der Waals surface area (Å²) >= 11 is 0. The predicted octanol–water partition coefficient (Wildman–Crippen LogP) is 8.77. The summed E-state index contributed by atoms with van der Waals surface area (Å²) in [5.74, 6) is 2.42. The quantitative estimate of drug-likeness (QED) is 0.107. The van der Waals surface area contributed by atoms with Crippen molar-refractivity contribution < 1.29 is 18.7 Å². The first kappa shape index (κ1) is 45.2. The second-order valence-electron chi connectivity index (χ2n) is 15.6. The van der Waals surface area contributed by atoms with E-state index in [0.29, 0.717) is 90.2 Å². The van der Waals surface area contributed by atoms with E-state index in [2.05, 4.69) is 40.1 Å². The van der Waals surface area contributed by atoms with Crippen molar-refractivity contribution in [2.75, 3.05) is 57.6 Å². The monoisotopic (exact) mass is 814 g/mol. The number of para-hydroxylation sites is 1. The van der Waals surface area contributed by atoms with E-state index < -0.39 is 18.7 Å². The number of ether oxygens (including phenoxy) is 2. The van der Waals surface area contributed by atoms with Crippen molar-refractivity contribution in [3.05, 3.63) is 112 Å². The maximum absolute atomic E-state index is 14.8. The summed E-state index contributed by atoms with van der Waals surface area (Å²) in [5, 5.41) is 9.25. The number of aromatic nitrogens is 2. The van der Waals surface area contributed by atoms with Gasteiger partial charge in [0.15, 0.2) is 5.82 Å². The SMILES string of the molecule is C=C(OCC1CC1)/C(=C\C=C(/C)OCC1CC1)N(C(=O)NC(/C=C\CF)=C/CC)C(C)c1nc2ccccc2c(=O)n1N1CCN(/C(=C\CC)C2CCCN2)CC1.CC. The molecule has 2 amide bonds. The minimum Gasteiger partial charge on any atom is -0.498 e. The number of halogens is 1. The number of carbonyl (C=O) groups is 1. The average Bonchev–Trinajstić information content (AvgIpc) is 4.20. The number of nitrogens with one attached hydrogen (secondary N) is 2. The molecule has 4 aliphatic rings. The van der Waals surface area contributed by atoms with E-state index in [4.69, 9.17) is 14.5 Å². The first-order chi connectivity index (χ1) is 28.7. The van der Waals surface area contributed by atoms with E-state index in [-0.39, 0.29) is 5.56 Å². The summed E-state index contributed by atoms with van der Waals surface area (Å²) in [4.78, 5) is 38.7. The number of fused-ring (bicyclic) bond motifs is 1. The fraction of sp³-hybridized carbons (Fsp3) is 0.553. The third-order valence-corrected chi connectivity index (χ3v) is 11.0. The van der Waals surface area contributed by atoms with Gasteiger partial charge in [0.2, 0.25) is 0 Å². The van der Waals surface area contributed by atoms with Crippen molar-refractivity contribution in [2.45, 2.75) is 105 Å². The van der Waals surface area contributed by atoms with Gasteiger partial charge in [0.1, 0.15) is 12.4 Å². The molecule has 11 nitrogen and oxygen atoms in total. The molecule has 2 unspecified atom stereocenters. The summed E-state index contributed by atoms with van der Waals surface area (Å²) in [6.45, 7) is 20.3. The number of piperazine rings is 1. The lowest BCUT2D eigenvalue weighted by Gasteiger charge is -2.42. The summed E-state index contributed by atoms with van der Waals surface area (Å²) < 4.78 is 27.4. The van der Waals surface area contributed by atoms with Crippen molar-refractivity contribution >= 4 is 16.9 Å². The Hall–Kier alpha value is -4.84. The van der Waals surface area contributed by atoms with E-state index in [1.54, 1.807) is 27.8 Å². The first-order valence-electron chi connectivity index (χ1n) is 22.0. The highest BCUT2D eigenvalue weighted by atomic mass is 19.1. The lowest BCUT2D eigenvalue weighted by atomic mass is 10.1. The molecule has 2 saturated carbocycles. The largest absolute Gasteiger partial charge is 0.498 e. The van der Waals surface area contributed by atoms with Crippen LogP contribution in [0.2, 0.25) is 0 Å². The molecule has 2 aliphatic carbocycles. The molecule has 2 atom stereocenters. The van der Waals surface area contributed by atoms with Crippen molar-refractivity contribution in [1.29, 1.82) is 0 Å². The van der Waals surface area contributed by atoms with Gasteiger partial charge in [0.25, 0.3) is 5.56 Å². The normalized spacial score (nSPS) is 19.7. The highest BCUT2D eigenvalue weighted by Gasteiger charge is 2.35. The van der Waals surface area contributed by atoms with Gasteiger partial charge < -0.3 is 30.0 Å². The Morgan fingerprint density at radius 1 is 1.02 bits per heavy atom. The second kappa shape index (κ2) is 22.5. The molecule has 0 spiro atoms. The van der Waals surface area contributed by atoms with E-state index in [1.807, 2.05) is 65.0 Å². The van der Waals surface area contributed by atoms with Crippen LogP contribution < -0.4 is 21.2 Å². The van der Waals surface area contributed by atoms with Gasteiger partial charge in [0.05, 0.1) is 54.7 Å². The van der Waals surface area contributed by atoms with E-state index in [1.165, 1.54) is 24.6 Å². The fourth-order valence-electron chi connectivity index (χ4n) is 7.48. The van der Waals surface area contributed by atoms with Crippen LogP contribution in [0.25, 0.3) is 10.9 Å². The molecule has 322 valence electrons. The molecule has 2 saturated heterocycles. The van der Waals surface area contributed by atoms with Crippen LogP contribution in [-0.2, 0) is 9.47 Å². The molecule has 2 aromatic rings. The van der Waals surface area contributed by atoms with Crippen LogP contribution in [-0.4, -0.2) is 84.1 Å². The van der Waals surface area contributed by atoms with Crippen molar-refractivity contribution in [3.8, 4) is 0 Å². The van der Waals surface area contributed by atoms with Crippen molar-refractivity contribution in [3.63, 3.8) is 0 Å². The Bertz CT molecular complexity index is 1930. The zero-order valence-corrected chi connectivity index (χ0v) is 36.4. The minimum absolute atomic E-state index is 0.200. The molecular weight excluding hydrogens is 746 g/mol. The minimum atomic E-state index is -0.805. The van der Waals surface area contributed by atoms with E-state index >= 15 is 0 Å². The number of urea groups is 1. The Labute approximate surface area is 351 Å². The molecule has 2 aliphatic heterocycles. The number of hydrogen-bond donors (Lipinski definition) is 2. The summed E-state index contributed by atoms with van der Waals surface area (Å²) in [5.41, 5.74) is 2.52. The van der Waals surface area contributed by atoms with Crippen molar-refractivity contribution in [1.82, 2.24) is 30.1 Å². The molecule has 59 heavy (non-hydrogen) atoms. The molecule has 3 heterocycles. The molecule has 4 fully saturated rings. The maximum Gasteiger partial charge on any atom is 0.327 e. The van der Waals surface area contributed by atoms with Crippen LogP contribution in [0.3, 0.4) is 0 Å². The summed E-state index contributed by atoms with van der Waals surface area (Å²) in [6.07, 6.45) is 19.1. The van der Waals surface area contributed by atoms with E-state index in [9.17, 15) is 14.0 Å².